The smallest absolute Gasteiger partial charge is 0.337 e. The number of halogens is 2. The number of carboxylic acids is 1. The second-order valence-corrected chi connectivity index (χ2v) is 14.6. The van der Waals surface area contributed by atoms with Crippen LogP contribution in [0.15, 0.2) is 67.9 Å². The predicted molar refractivity (Wildman–Crippen MR) is 198 cm³/mol. The number of hydrogen-bond acceptors (Lipinski definition) is 6. The van der Waals surface area contributed by atoms with E-state index in [1.54, 1.807) is 30.4 Å². The van der Waals surface area contributed by atoms with Crippen LogP contribution in [0, 0.1) is 25.5 Å². The molecule has 0 radical (unpaired) electrons. The first-order valence-electron chi connectivity index (χ1n) is 17.4. The first-order valence-corrected chi connectivity index (χ1v) is 17.4. The van der Waals surface area contributed by atoms with E-state index in [4.69, 9.17) is 19.2 Å². The van der Waals surface area contributed by atoms with Crippen LogP contribution in [0.3, 0.4) is 0 Å². The fourth-order valence-electron chi connectivity index (χ4n) is 6.69. The van der Waals surface area contributed by atoms with Gasteiger partial charge in [-0.1, -0.05) is 30.4 Å². The lowest BCUT2D eigenvalue weighted by Gasteiger charge is -2.41. The fraction of sp³-hybridized carbons (Fsp3) is 0.415. The zero-order valence-electron chi connectivity index (χ0n) is 30.7. The number of imidazole rings is 1. The number of nitrogens with zero attached hydrogens (tertiary/aromatic N) is 3. The van der Waals surface area contributed by atoms with Crippen LogP contribution < -0.4 is 9.64 Å². The highest BCUT2D eigenvalue weighted by Gasteiger charge is 2.37. The lowest BCUT2D eigenvalue weighted by molar-refractivity contribution is -0.160. The lowest BCUT2D eigenvalue weighted by atomic mass is 9.92. The summed E-state index contributed by atoms with van der Waals surface area (Å²) >= 11 is 0. The minimum absolute atomic E-state index is 0.0973. The summed E-state index contributed by atoms with van der Waals surface area (Å²) in [5.41, 5.74) is 3.67. The van der Waals surface area contributed by atoms with Gasteiger partial charge < -0.3 is 24.2 Å². The molecule has 272 valence electrons. The van der Waals surface area contributed by atoms with Crippen LogP contribution in [-0.4, -0.2) is 57.5 Å². The van der Waals surface area contributed by atoms with Gasteiger partial charge in [-0.15, -0.1) is 13.2 Å². The molecule has 1 unspecified atom stereocenters. The van der Waals surface area contributed by atoms with Gasteiger partial charge in [0.2, 0.25) is 0 Å². The van der Waals surface area contributed by atoms with Gasteiger partial charge in [0.15, 0.2) is 6.10 Å². The molecule has 0 saturated carbocycles. The molecule has 3 heterocycles. The quantitative estimate of drug-likeness (QED) is 0.139. The number of benzene rings is 2. The maximum absolute atomic E-state index is 15.5. The summed E-state index contributed by atoms with van der Waals surface area (Å²) in [5, 5.41) is 10.6. The second kappa shape index (κ2) is 15.0. The summed E-state index contributed by atoms with van der Waals surface area (Å²) < 4.78 is 50.2. The summed E-state index contributed by atoms with van der Waals surface area (Å²) in [5.74, 6) is -1.77. The maximum atomic E-state index is 15.5. The number of pyridine rings is 1. The van der Waals surface area contributed by atoms with Crippen LogP contribution in [0.5, 0.6) is 5.75 Å². The molecule has 2 aromatic heterocycles. The summed E-state index contributed by atoms with van der Waals surface area (Å²) in [4.78, 5) is 20.2. The number of aromatic nitrogens is 2. The van der Waals surface area contributed by atoms with Gasteiger partial charge >= 0.3 is 5.97 Å². The zero-order valence-corrected chi connectivity index (χ0v) is 30.7. The van der Waals surface area contributed by atoms with Crippen molar-refractivity contribution in [3.63, 3.8) is 0 Å². The summed E-state index contributed by atoms with van der Waals surface area (Å²) in [6, 6.07) is 9.27. The fourth-order valence-corrected chi connectivity index (χ4v) is 6.69. The molecule has 10 heteroatoms. The number of anilines is 1. The number of ether oxygens (including phenoxy) is 3. The Morgan fingerprint density at radius 1 is 1.08 bits per heavy atom. The highest BCUT2D eigenvalue weighted by atomic mass is 19.1. The summed E-state index contributed by atoms with van der Waals surface area (Å²) in [6.45, 7) is 22.5. The van der Waals surface area contributed by atoms with E-state index in [0.717, 1.165) is 30.0 Å². The van der Waals surface area contributed by atoms with Gasteiger partial charge in [0.05, 0.1) is 35.2 Å². The molecule has 8 nitrogen and oxygen atoms in total. The van der Waals surface area contributed by atoms with Crippen molar-refractivity contribution in [2.24, 2.45) is 0 Å². The van der Waals surface area contributed by atoms with Gasteiger partial charge in [-0.05, 0) is 84.1 Å². The Kier molecular flexibility index (Phi) is 11.1. The Labute approximate surface area is 299 Å². The lowest BCUT2D eigenvalue weighted by Crippen LogP contribution is -2.45. The molecule has 5 rings (SSSR count). The van der Waals surface area contributed by atoms with E-state index in [-0.39, 0.29) is 23.0 Å². The number of aliphatic carboxylic acids is 1. The number of aryl methyl sites for hydroxylation is 1. The molecular formula is C41H49F2N3O5. The van der Waals surface area contributed by atoms with Crippen LogP contribution in [0.25, 0.3) is 28.0 Å². The Morgan fingerprint density at radius 2 is 1.76 bits per heavy atom. The van der Waals surface area contributed by atoms with Gasteiger partial charge in [-0.25, -0.2) is 18.6 Å². The number of carboxylic acid groups (broad SMARTS) is 1. The van der Waals surface area contributed by atoms with Gasteiger partial charge in [0.1, 0.15) is 28.8 Å². The molecule has 1 saturated heterocycles. The maximum Gasteiger partial charge on any atom is 0.337 e. The second-order valence-electron chi connectivity index (χ2n) is 14.6. The molecule has 51 heavy (non-hydrogen) atoms. The third kappa shape index (κ3) is 8.18. The molecule has 0 bridgehead atoms. The van der Waals surface area contributed by atoms with Crippen LogP contribution in [0.2, 0.25) is 0 Å². The zero-order chi connectivity index (χ0) is 37.2. The first kappa shape index (κ1) is 37.7. The van der Waals surface area contributed by atoms with Gasteiger partial charge in [-0.2, -0.15) is 0 Å². The largest absolute Gasteiger partial charge is 0.490 e. The average Bonchev–Trinajstić information content (AvgIpc) is 3.50. The summed E-state index contributed by atoms with van der Waals surface area (Å²) in [7, 11) is 0. The molecule has 1 aliphatic heterocycles. The van der Waals surface area contributed by atoms with Crippen molar-refractivity contribution in [3.05, 3.63) is 96.2 Å². The minimum atomic E-state index is -1.24. The number of fused-ring (bicyclic) bond motifs is 1. The van der Waals surface area contributed by atoms with Crippen molar-refractivity contribution in [1.82, 2.24) is 9.38 Å². The highest BCUT2D eigenvalue weighted by molar-refractivity contribution is 5.82. The van der Waals surface area contributed by atoms with Crippen molar-refractivity contribution < 1.29 is 32.9 Å². The standard InChI is InChI=1S/C41H49F2N3O5/c1-10-13-25(3)50-33-23-30(42)22-31(43)35(33)29-15-12-14-28(21-29)32-24-46-37(44-32)27(5)26(4)34(36(39(47)48)51-40(6,7)8)38(46)45-18-16-41(9,17-19-45)49-20-11-2/h10-12,14-15,21-25,36H,1-2,13,16-20H2,3-9H3,(H,47,48)/t25-,36?/m0/s1. The van der Waals surface area contributed by atoms with E-state index in [9.17, 15) is 14.3 Å². The van der Waals surface area contributed by atoms with Crippen LogP contribution in [0.1, 0.15) is 76.7 Å². The highest BCUT2D eigenvalue weighted by Crippen LogP contribution is 2.42. The van der Waals surface area contributed by atoms with E-state index in [2.05, 4.69) is 25.0 Å². The number of carbonyl (C=O) groups is 1. The van der Waals surface area contributed by atoms with E-state index in [1.807, 2.05) is 58.2 Å². The molecule has 2 aromatic carbocycles. The Bertz CT molecular complexity index is 1940. The predicted octanol–water partition coefficient (Wildman–Crippen LogP) is 9.41. The van der Waals surface area contributed by atoms with Gasteiger partial charge in [0, 0.05) is 49.0 Å². The van der Waals surface area contributed by atoms with E-state index in [1.165, 1.54) is 6.07 Å². The Hall–Kier alpha value is -4.54. The number of hydrogen-bond donors (Lipinski definition) is 1. The minimum Gasteiger partial charge on any atom is -0.490 e. The van der Waals surface area contributed by atoms with Crippen molar-refractivity contribution in [3.8, 4) is 28.1 Å². The van der Waals surface area contributed by atoms with Crippen molar-refractivity contribution in [2.45, 2.75) is 91.1 Å². The molecule has 0 amide bonds. The topological polar surface area (TPSA) is 85.5 Å². The van der Waals surface area contributed by atoms with Crippen molar-refractivity contribution in [2.75, 3.05) is 24.6 Å². The Morgan fingerprint density at radius 3 is 2.39 bits per heavy atom. The van der Waals surface area contributed by atoms with E-state index in [0.29, 0.717) is 60.0 Å². The normalized spacial score (nSPS) is 15.8. The molecule has 4 aromatic rings. The van der Waals surface area contributed by atoms with Crippen molar-refractivity contribution in [1.29, 1.82) is 0 Å². The SMILES string of the molecule is C=CCOC1(C)CCN(c2c(C(OC(C)(C)C)C(=O)O)c(C)c(C)c3nc(-c4cccc(-c5c(F)cc(F)cc5O[C@@H](C)CC=C)c4)cn23)CC1. The third-order valence-electron chi connectivity index (χ3n) is 9.40. The van der Waals surface area contributed by atoms with Crippen LogP contribution in [0.4, 0.5) is 14.6 Å². The molecule has 1 N–H and O–H groups in total. The van der Waals surface area contributed by atoms with Crippen LogP contribution >= 0.6 is 0 Å². The molecular weight excluding hydrogens is 652 g/mol. The molecule has 0 spiro atoms. The first-order chi connectivity index (χ1) is 24.1. The monoisotopic (exact) mass is 701 g/mol. The number of rotatable bonds is 13. The summed E-state index contributed by atoms with van der Waals surface area (Å²) in [6.07, 6.45) is 5.68. The molecule has 2 atom stereocenters. The van der Waals surface area contributed by atoms with Gasteiger partial charge in [0.25, 0.3) is 0 Å². The molecule has 0 aliphatic carbocycles. The van der Waals surface area contributed by atoms with E-state index < -0.39 is 29.3 Å². The Balaban J connectivity index is 1.68. The van der Waals surface area contributed by atoms with Crippen molar-refractivity contribution >= 4 is 17.4 Å². The average molecular weight is 702 g/mol. The van der Waals surface area contributed by atoms with Crippen LogP contribution in [-0.2, 0) is 14.3 Å². The van der Waals surface area contributed by atoms with E-state index >= 15 is 4.39 Å². The van der Waals surface area contributed by atoms with Gasteiger partial charge in [-0.3, -0.25) is 4.40 Å². The number of piperidine rings is 1. The molecule has 1 fully saturated rings. The third-order valence-corrected chi connectivity index (χ3v) is 9.40. The molecule has 1 aliphatic rings.